The quantitative estimate of drug-likeness (QED) is 0.787. The van der Waals surface area contributed by atoms with E-state index in [1.54, 1.807) is 35.6 Å². The van der Waals surface area contributed by atoms with Gasteiger partial charge in [-0.2, -0.15) is 4.31 Å². The molecule has 2 aliphatic heterocycles. The van der Waals surface area contributed by atoms with Crippen LogP contribution >= 0.6 is 11.3 Å². The summed E-state index contributed by atoms with van der Waals surface area (Å²) in [7, 11) is -3.43. The van der Waals surface area contributed by atoms with Crippen molar-refractivity contribution in [3.05, 3.63) is 52.2 Å². The van der Waals surface area contributed by atoms with Crippen LogP contribution in [0.1, 0.15) is 28.1 Å². The number of quaternary nitrogens is 1. The average molecular weight is 421 g/mol. The highest BCUT2D eigenvalue weighted by atomic mass is 32.2. The van der Waals surface area contributed by atoms with Crippen LogP contribution in [0.2, 0.25) is 0 Å². The van der Waals surface area contributed by atoms with Gasteiger partial charge in [0, 0.05) is 18.7 Å². The van der Waals surface area contributed by atoms with Gasteiger partial charge < -0.3 is 9.80 Å². The molecule has 4 rings (SSSR count). The van der Waals surface area contributed by atoms with Gasteiger partial charge in [-0.05, 0) is 48.6 Å². The Kier molecular flexibility index (Phi) is 5.82. The lowest BCUT2D eigenvalue weighted by molar-refractivity contribution is -0.917. The van der Waals surface area contributed by atoms with Crippen molar-refractivity contribution in [2.45, 2.75) is 24.3 Å². The number of carbonyl (C=O) groups excluding carboxylic acids is 1. The third-order valence-electron chi connectivity index (χ3n) is 5.57. The van der Waals surface area contributed by atoms with Crippen molar-refractivity contribution >= 4 is 27.3 Å². The number of carbonyl (C=O) groups is 1. The molecule has 2 fully saturated rings. The average Bonchev–Trinajstić information content (AvgIpc) is 3.43. The standard InChI is InChI=1S/C20H25N3O3S2/c24-20(22-13-11-21(12-14-22)16-18-4-3-15-27-18)17-5-7-19(8-6-17)28(25,26)23-9-1-2-10-23/h3-8,15H,1-2,9-14,16H2/p+1. The zero-order chi connectivity index (χ0) is 19.6. The van der Waals surface area contributed by atoms with Crippen molar-refractivity contribution in [1.82, 2.24) is 9.21 Å². The third kappa shape index (κ3) is 4.15. The number of hydrogen-bond acceptors (Lipinski definition) is 4. The summed E-state index contributed by atoms with van der Waals surface area (Å²) in [6.45, 7) is 5.52. The highest BCUT2D eigenvalue weighted by molar-refractivity contribution is 7.89. The van der Waals surface area contributed by atoms with Crippen molar-refractivity contribution in [3.8, 4) is 0 Å². The van der Waals surface area contributed by atoms with Crippen molar-refractivity contribution in [2.24, 2.45) is 0 Å². The second-order valence-corrected chi connectivity index (χ2v) is 10.4. The summed E-state index contributed by atoms with van der Waals surface area (Å²) in [5.41, 5.74) is 0.557. The van der Waals surface area contributed by atoms with E-state index in [-0.39, 0.29) is 10.8 Å². The van der Waals surface area contributed by atoms with Gasteiger partial charge in [-0.3, -0.25) is 4.79 Å². The molecule has 0 radical (unpaired) electrons. The van der Waals surface area contributed by atoms with Crippen molar-refractivity contribution in [1.29, 1.82) is 0 Å². The maximum absolute atomic E-state index is 12.8. The van der Waals surface area contributed by atoms with Gasteiger partial charge in [0.1, 0.15) is 6.54 Å². The van der Waals surface area contributed by atoms with Crippen LogP contribution in [0.15, 0.2) is 46.7 Å². The fourth-order valence-corrected chi connectivity index (χ4v) is 6.19. The van der Waals surface area contributed by atoms with Crippen LogP contribution in [-0.4, -0.2) is 62.8 Å². The Morgan fingerprint density at radius 1 is 1.00 bits per heavy atom. The molecule has 1 amide bonds. The molecular weight excluding hydrogens is 394 g/mol. The molecule has 2 saturated heterocycles. The van der Waals surface area contributed by atoms with Gasteiger partial charge in [0.05, 0.1) is 36.0 Å². The zero-order valence-corrected chi connectivity index (χ0v) is 17.5. The molecule has 1 aromatic carbocycles. The molecule has 0 spiro atoms. The number of sulfonamides is 1. The first-order chi connectivity index (χ1) is 13.5. The van der Waals surface area contributed by atoms with E-state index in [0.29, 0.717) is 18.7 Å². The second kappa shape index (κ2) is 8.32. The van der Waals surface area contributed by atoms with E-state index in [0.717, 1.165) is 45.6 Å². The SMILES string of the molecule is O=C(c1ccc(S(=O)(=O)N2CCCC2)cc1)N1CC[NH+](Cc2cccs2)CC1. The summed E-state index contributed by atoms with van der Waals surface area (Å²) >= 11 is 1.78. The molecule has 2 aromatic rings. The number of amides is 1. The Morgan fingerprint density at radius 2 is 1.68 bits per heavy atom. The monoisotopic (exact) mass is 420 g/mol. The first-order valence-electron chi connectivity index (χ1n) is 9.79. The number of piperazine rings is 1. The second-order valence-electron chi connectivity index (χ2n) is 7.43. The maximum atomic E-state index is 12.8. The summed E-state index contributed by atoms with van der Waals surface area (Å²) in [6, 6.07) is 10.7. The number of benzene rings is 1. The van der Waals surface area contributed by atoms with E-state index in [1.807, 2.05) is 4.90 Å². The number of nitrogens with one attached hydrogen (secondary N) is 1. The van der Waals surface area contributed by atoms with Gasteiger partial charge >= 0.3 is 0 Å². The first kappa shape index (κ1) is 19.6. The molecule has 3 heterocycles. The summed E-state index contributed by atoms with van der Waals surface area (Å²) < 4.78 is 26.8. The Morgan fingerprint density at radius 3 is 2.29 bits per heavy atom. The molecule has 0 aliphatic carbocycles. The predicted octanol–water partition coefficient (Wildman–Crippen LogP) is 1.07. The van der Waals surface area contributed by atoms with Crippen LogP contribution in [-0.2, 0) is 16.6 Å². The number of hydrogen-bond donors (Lipinski definition) is 1. The van der Waals surface area contributed by atoms with Crippen LogP contribution < -0.4 is 4.90 Å². The molecule has 0 unspecified atom stereocenters. The Bertz CT molecular complexity index is 897. The predicted molar refractivity (Wildman–Crippen MR) is 109 cm³/mol. The van der Waals surface area contributed by atoms with Gasteiger partial charge in [0.25, 0.3) is 5.91 Å². The topological polar surface area (TPSA) is 62.1 Å². The molecule has 1 aromatic heterocycles. The molecular formula is C20H26N3O3S2+. The molecule has 8 heteroatoms. The highest BCUT2D eigenvalue weighted by Gasteiger charge is 2.28. The van der Waals surface area contributed by atoms with Crippen LogP contribution in [0.3, 0.4) is 0 Å². The zero-order valence-electron chi connectivity index (χ0n) is 15.8. The number of rotatable bonds is 5. The Labute approximate surface area is 170 Å². The van der Waals surface area contributed by atoms with Crippen LogP contribution in [0.25, 0.3) is 0 Å². The lowest BCUT2D eigenvalue weighted by atomic mass is 10.2. The lowest BCUT2D eigenvalue weighted by Crippen LogP contribution is -3.13. The molecule has 6 nitrogen and oxygen atoms in total. The normalized spacial score (nSPS) is 19.2. The van der Waals surface area contributed by atoms with Gasteiger partial charge in [-0.25, -0.2) is 8.42 Å². The van der Waals surface area contributed by atoms with Crippen molar-refractivity contribution in [3.63, 3.8) is 0 Å². The Hall–Kier alpha value is -1.74. The van der Waals surface area contributed by atoms with E-state index in [1.165, 1.54) is 14.1 Å². The minimum Gasteiger partial charge on any atom is -0.328 e. The summed E-state index contributed by atoms with van der Waals surface area (Å²) in [5, 5.41) is 2.10. The van der Waals surface area contributed by atoms with Crippen LogP contribution in [0, 0.1) is 0 Å². The minimum absolute atomic E-state index is 0.0136. The Balaban J connectivity index is 1.36. The van der Waals surface area contributed by atoms with Crippen molar-refractivity contribution in [2.75, 3.05) is 39.3 Å². The van der Waals surface area contributed by atoms with Gasteiger partial charge in [-0.15, -0.1) is 11.3 Å². The van der Waals surface area contributed by atoms with Crippen molar-refractivity contribution < 1.29 is 18.1 Å². The van der Waals surface area contributed by atoms with Gasteiger partial charge in [0.2, 0.25) is 10.0 Å². The summed E-state index contributed by atoms with van der Waals surface area (Å²) in [4.78, 5) is 17.8. The molecule has 0 saturated carbocycles. The lowest BCUT2D eigenvalue weighted by Gasteiger charge is -2.32. The smallest absolute Gasteiger partial charge is 0.254 e. The number of thiophene rings is 1. The number of nitrogens with zero attached hydrogens (tertiary/aromatic N) is 2. The first-order valence-corrected chi connectivity index (χ1v) is 12.1. The maximum Gasteiger partial charge on any atom is 0.254 e. The third-order valence-corrected chi connectivity index (χ3v) is 8.36. The minimum atomic E-state index is -3.43. The van der Waals surface area contributed by atoms with E-state index in [2.05, 4.69) is 17.5 Å². The molecule has 0 bridgehead atoms. The van der Waals surface area contributed by atoms with E-state index in [9.17, 15) is 13.2 Å². The van der Waals surface area contributed by atoms with E-state index < -0.39 is 10.0 Å². The summed E-state index contributed by atoms with van der Waals surface area (Å²) in [5.74, 6) is -0.0136. The summed E-state index contributed by atoms with van der Waals surface area (Å²) in [6.07, 6.45) is 1.83. The van der Waals surface area contributed by atoms with Crippen LogP contribution in [0.5, 0.6) is 0 Å². The van der Waals surface area contributed by atoms with Gasteiger partial charge in [-0.1, -0.05) is 6.07 Å². The molecule has 150 valence electrons. The molecule has 2 aliphatic rings. The highest BCUT2D eigenvalue weighted by Crippen LogP contribution is 2.21. The van der Waals surface area contributed by atoms with E-state index in [4.69, 9.17) is 0 Å². The van der Waals surface area contributed by atoms with Gasteiger partial charge in [0.15, 0.2) is 0 Å². The fraction of sp³-hybridized carbons (Fsp3) is 0.450. The van der Waals surface area contributed by atoms with Crippen LogP contribution in [0.4, 0.5) is 0 Å². The molecule has 1 N–H and O–H groups in total. The molecule has 28 heavy (non-hydrogen) atoms. The largest absolute Gasteiger partial charge is 0.328 e. The van der Waals surface area contributed by atoms with E-state index >= 15 is 0 Å². The molecule has 0 atom stereocenters. The fourth-order valence-electron chi connectivity index (χ4n) is 3.89.